The molecule has 0 atom stereocenters. The van der Waals surface area contributed by atoms with E-state index in [1.807, 2.05) is 25.1 Å². The summed E-state index contributed by atoms with van der Waals surface area (Å²) >= 11 is 1.30. The molecule has 1 amide bonds. The van der Waals surface area contributed by atoms with Gasteiger partial charge in [0.2, 0.25) is 0 Å². The van der Waals surface area contributed by atoms with Crippen LogP contribution in [-0.2, 0) is 4.74 Å². The van der Waals surface area contributed by atoms with Crippen LogP contribution in [0.5, 0.6) is 0 Å². The first-order valence-corrected chi connectivity index (χ1v) is 9.37. The molecule has 0 saturated heterocycles. The van der Waals surface area contributed by atoms with Crippen molar-refractivity contribution in [3.05, 3.63) is 64.8 Å². The summed E-state index contributed by atoms with van der Waals surface area (Å²) in [5.41, 5.74) is 2.43. The Balaban J connectivity index is 1.70. The number of amides is 1. The van der Waals surface area contributed by atoms with Gasteiger partial charge in [0.25, 0.3) is 5.91 Å². The molecule has 0 aliphatic carbocycles. The summed E-state index contributed by atoms with van der Waals surface area (Å²) in [6.07, 6.45) is 2.47. The lowest BCUT2D eigenvalue weighted by Crippen LogP contribution is -2.12. The average molecular weight is 381 g/mol. The highest BCUT2D eigenvalue weighted by atomic mass is 32.1. The van der Waals surface area contributed by atoms with E-state index in [-0.39, 0.29) is 11.9 Å². The molecule has 138 valence electrons. The van der Waals surface area contributed by atoms with E-state index in [9.17, 15) is 9.59 Å². The van der Waals surface area contributed by atoms with Crippen LogP contribution in [0.25, 0.3) is 10.7 Å². The molecule has 0 radical (unpaired) electrons. The zero-order chi connectivity index (χ0) is 19.2. The molecule has 2 heterocycles. The molecule has 0 bridgehead atoms. The van der Waals surface area contributed by atoms with Crippen LogP contribution in [0.3, 0.4) is 0 Å². The Kier molecular flexibility index (Phi) is 5.93. The lowest BCUT2D eigenvalue weighted by Gasteiger charge is -2.06. The molecule has 0 spiro atoms. The maximum Gasteiger partial charge on any atom is 0.338 e. The highest BCUT2D eigenvalue weighted by Crippen LogP contribution is 2.27. The van der Waals surface area contributed by atoms with Gasteiger partial charge in [-0.25, -0.2) is 9.78 Å². The fraction of sp³-hybridized carbons (Fsp3) is 0.200. The van der Waals surface area contributed by atoms with Crippen LogP contribution in [0.2, 0.25) is 0 Å². The van der Waals surface area contributed by atoms with Gasteiger partial charge in [-0.2, -0.15) is 0 Å². The van der Waals surface area contributed by atoms with Gasteiger partial charge in [0.05, 0.1) is 23.6 Å². The summed E-state index contributed by atoms with van der Waals surface area (Å²) < 4.78 is 5.09. The van der Waals surface area contributed by atoms with Gasteiger partial charge in [-0.3, -0.25) is 9.78 Å². The van der Waals surface area contributed by atoms with Gasteiger partial charge < -0.3 is 10.1 Å². The van der Waals surface area contributed by atoms with Crippen LogP contribution in [0.15, 0.2) is 48.7 Å². The van der Waals surface area contributed by atoms with Crippen molar-refractivity contribution in [3.63, 3.8) is 0 Å². The van der Waals surface area contributed by atoms with Gasteiger partial charge in [-0.15, -0.1) is 11.3 Å². The van der Waals surface area contributed by atoms with Crippen molar-refractivity contribution in [2.45, 2.75) is 20.3 Å². The fourth-order valence-corrected chi connectivity index (χ4v) is 3.30. The SMILES string of the molecule is CCCOC(=O)c1ccc(NC(=O)c2sc(-c3ccccn3)nc2C)cc1. The van der Waals surface area contributed by atoms with E-state index in [2.05, 4.69) is 15.3 Å². The number of benzene rings is 1. The highest BCUT2D eigenvalue weighted by Gasteiger charge is 2.17. The van der Waals surface area contributed by atoms with E-state index in [1.165, 1.54) is 11.3 Å². The fourth-order valence-electron chi connectivity index (χ4n) is 2.36. The van der Waals surface area contributed by atoms with Crippen molar-refractivity contribution in [1.82, 2.24) is 9.97 Å². The summed E-state index contributed by atoms with van der Waals surface area (Å²) in [7, 11) is 0. The van der Waals surface area contributed by atoms with Crippen LogP contribution in [0, 0.1) is 6.92 Å². The lowest BCUT2D eigenvalue weighted by atomic mass is 10.2. The number of aryl methyl sites for hydroxylation is 1. The first-order valence-electron chi connectivity index (χ1n) is 8.56. The second kappa shape index (κ2) is 8.55. The molecule has 1 aromatic carbocycles. The van der Waals surface area contributed by atoms with Crippen molar-refractivity contribution in [2.24, 2.45) is 0 Å². The largest absolute Gasteiger partial charge is 0.462 e. The lowest BCUT2D eigenvalue weighted by molar-refractivity contribution is 0.0505. The maximum atomic E-state index is 12.6. The van der Waals surface area contributed by atoms with Gasteiger partial charge in [0.1, 0.15) is 9.88 Å². The summed E-state index contributed by atoms with van der Waals surface area (Å²) in [5.74, 6) is -0.610. The molecule has 0 fully saturated rings. The predicted octanol–water partition coefficient (Wildman–Crippen LogP) is 4.33. The van der Waals surface area contributed by atoms with Gasteiger partial charge >= 0.3 is 5.97 Å². The Hall–Kier alpha value is -3.06. The minimum absolute atomic E-state index is 0.242. The number of anilines is 1. The Morgan fingerprint density at radius 3 is 2.59 bits per heavy atom. The summed E-state index contributed by atoms with van der Waals surface area (Å²) in [6, 6.07) is 12.2. The number of thiazole rings is 1. The number of aromatic nitrogens is 2. The Labute approximate surface area is 161 Å². The smallest absolute Gasteiger partial charge is 0.338 e. The molecule has 0 unspecified atom stereocenters. The second-order valence-electron chi connectivity index (χ2n) is 5.82. The summed E-state index contributed by atoms with van der Waals surface area (Å²) in [6.45, 7) is 4.12. The number of carbonyl (C=O) groups excluding carboxylic acids is 2. The molecule has 0 aliphatic heterocycles. The number of ether oxygens (including phenoxy) is 1. The number of nitrogens with one attached hydrogen (secondary N) is 1. The summed E-state index contributed by atoms with van der Waals surface area (Å²) in [4.78, 5) is 33.6. The highest BCUT2D eigenvalue weighted by molar-refractivity contribution is 7.17. The quantitative estimate of drug-likeness (QED) is 0.643. The van der Waals surface area contributed by atoms with Gasteiger partial charge in [-0.1, -0.05) is 13.0 Å². The van der Waals surface area contributed by atoms with E-state index in [4.69, 9.17) is 4.74 Å². The number of hydrogen-bond acceptors (Lipinski definition) is 6. The first-order chi connectivity index (χ1) is 13.1. The summed E-state index contributed by atoms with van der Waals surface area (Å²) in [5, 5.41) is 3.53. The maximum absolute atomic E-state index is 12.6. The molecule has 27 heavy (non-hydrogen) atoms. The third-order valence-corrected chi connectivity index (χ3v) is 4.88. The van der Waals surface area contributed by atoms with Crippen molar-refractivity contribution in [1.29, 1.82) is 0 Å². The van der Waals surface area contributed by atoms with Crippen LogP contribution >= 0.6 is 11.3 Å². The van der Waals surface area contributed by atoms with E-state index >= 15 is 0 Å². The predicted molar refractivity (Wildman–Crippen MR) is 105 cm³/mol. The number of hydrogen-bond donors (Lipinski definition) is 1. The molecule has 7 heteroatoms. The van der Waals surface area contributed by atoms with Gasteiger partial charge in [0, 0.05) is 11.9 Å². The van der Waals surface area contributed by atoms with Gasteiger partial charge in [-0.05, 0) is 49.7 Å². The molecule has 0 saturated carbocycles. The molecule has 3 rings (SSSR count). The van der Waals surface area contributed by atoms with Crippen LogP contribution in [0.4, 0.5) is 5.69 Å². The molecular formula is C20H19N3O3S. The van der Waals surface area contributed by atoms with Crippen LogP contribution in [-0.4, -0.2) is 28.5 Å². The third kappa shape index (κ3) is 4.57. The standard InChI is InChI=1S/C20H19N3O3S/c1-3-12-26-20(25)14-7-9-15(10-8-14)23-18(24)17-13(2)22-19(27-17)16-6-4-5-11-21-16/h4-11H,3,12H2,1-2H3,(H,23,24). The van der Waals surface area contributed by atoms with Crippen molar-refractivity contribution < 1.29 is 14.3 Å². The molecule has 3 aromatic rings. The Morgan fingerprint density at radius 2 is 1.93 bits per heavy atom. The van der Waals surface area contributed by atoms with Crippen molar-refractivity contribution in [2.75, 3.05) is 11.9 Å². The number of nitrogens with zero attached hydrogens (tertiary/aromatic N) is 2. The first kappa shape index (κ1) is 18.7. The molecular weight excluding hydrogens is 362 g/mol. The zero-order valence-corrected chi connectivity index (χ0v) is 15.9. The molecule has 6 nitrogen and oxygen atoms in total. The molecule has 1 N–H and O–H groups in total. The van der Waals surface area contributed by atoms with E-state index in [1.54, 1.807) is 37.4 Å². The number of rotatable bonds is 6. The van der Waals surface area contributed by atoms with Crippen LogP contribution < -0.4 is 5.32 Å². The van der Waals surface area contributed by atoms with Crippen molar-refractivity contribution in [3.8, 4) is 10.7 Å². The van der Waals surface area contributed by atoms with Crippen LogP contribution in [0.1, 0.15) is 39.1 Å². The van der Waals surface area contributed by atoms with Crippen molar-refractivity contribution >= 4 is 28.9 Å². The average Bonchev–Trinajstić information content (AvgIpc) is 3.09. The van der Waals surface area contributed by atoms with Gasteiger partial charge in [0.15, 0.2) is 0 Å². The Bertz CT molecular complexity index is 937. The monoisotopic (exact) mass is 381 g/mol. The molecule has 0 aliphatic rings. The minimum Gasteiger partial charge on any atom is -0.462 e. The van der Waals surface area contributed by atoms with E-state index < -0.39 is 0 Å². The second-order valence-corrected chi connectivity index (χ2v) is 6.81. The third-order valence-electron chi connectivity index (χ3n) is 3.70. The number of carbonyl (C=O) groups is 2. The minimum atomic E-state index is -0.368. The zero-order valence-electron chi connectivity index (χ0n) is 15.1. The van der Waals surface area contributed by atoms with E-state index in [0.717, 1.165) is 12.1 Å². The number of pyridine rings is 1. The Morgan fingerprint density at radius 1 is 1.15 bits per heavy atom. The topological polar surface area (TPSA) is 81.2 Å². The van der Waals surface area contributed by atoms with E-state index in [0.29, 0.717) is 33.4 Å². The number of esters is 1. The normalized spacial score (nSPS) is 10.4. The molecule has 2 aromatic heterocycles.